The van der Waals surface area contributed by atoms with Crippen molar-refractivity contribution in [3.8, 4) is 44.8 Å². The summed E-state index contributed by atoms with van der Waals surface area (Å²) in [6.45, 7) is 4.70. The van der Waals surface area contributed by atoms with E-state index >= 15 is 0 Å². The van der Waals surface area contributed by atoms with Gasteiger partial charge in [-0.2, -0.15) is 0 Å². The third kappa shape index (κ3) is 4.71. The molecule has 2 heterocycles. The lowest BCUT2D eigenvalue weighted by molar-refractivity contribution is 0.660. The molecule has 0 unspecified atom stereocenters. The van der Waals surface area contributed by atoms with Gasteiger partial charge in [-0.25, -0.2) is 0 Å². The second-order valence-corrected chi connectivity index (χ2v) is 16.2. The molecule has 0 aliphatic heterocycles. The van der Waals surface area contributed by atoms with Gasteiger partial charge in [0.15, 0.2) is 0 Å². The highest BCUT2D eigenvalue weighted by molar-refractivity contribution is 6.13. The van der Waals surface area contributed by atoms with Crippen molar-refractivity contribution in [2.75, 3.05) is 0 Å². The van der Waals surface area contributed by atoms with Crippen LogP contribution in [0.4, 0.5) is 0 Å². The molecule has 9 aromatic carbocycles. The summed E-state index contributed by atoms with van der Waals surface area (Å²) < 4.78 is 4.81. The third-order valence-corrected chi connectivity index (χ3v) is 12.7. The van der Waals surface area contributed by atoms with Crippen LogP contribution in [0.5, 0.6) is 0 Å². The number of rotatable bonds is 4. The molecule has 12 rings (SSSR count). The summed E-state index contributed by atoms with van der Waals surface area (Å²) in [4.78, 5) is 0. The molecular weight excluding hydrogens is 689 g/mol. The Morgan fingerprint density at radius 3 is 1.53 bits per heavy atom. The minimum absolute atomic E-state index is 0.0193. The number of hydrogen-bond donors (Lipinski definition) is 0. The maximum absolute atomic E-state index is 2.43. The van der Waals surface area contributed by atoms with Gasteiger partial charge in [0.25, 0.3) is 0 Å². The quantitative estimate of drug-likeness (QED) is 0.171. The van der Waals surface area contributed by atoms with Gasteiger partial charge in [0.05, 0.1) is 22.1 Å². The predicted octanol–water partition coefficient (Wildman–Crippen LogP) is 14.7. The molecule has 0 N–H and O–H groups in total. The van der Waals surface area contributed by atoms with Crippen LogP contribution in [-0.2, 0) is 5.41 Å². The first-order chi connectivity index (χ1) is 28.0. The van der Waals surface area contributed by atoms with Crippen molar-refractivity contribution in [3.63, 3.8) is 0 Å². The Labute approximate surface area is 331 Å². The molecule has 0 bridgehead atoms. The van der Waals surface area contributed by atoms with Crippen LogP contribution in [0.15, 0.2) is 194 Å². The van der Waals surface area contributed by atoms with Crippen molar-refractivity contribution in [2.24, 2.45) is 0 Å². The van der Waals surface area contributed by atoms with Gasteiger partial charge >= 0.3 is 0 Å². The molecule has 0 amide bonds. The van der Waals surface area contributed by atoms with E-state index in [1.165, 1.54) is 110 Å². The van der Waals surface area contributed by atoms with E-state index in [1.807, 2.05) is 0 Å². The summed E-state index contributed by atoms with van der Waals surface area (Å²) in [5, 5.41) is 7.52. The topological polar surface area (TPSA) is 9.86 Å². The molecule has 57 heavy (non-hydrogen) atoms. The SMILES string of the molecule is CC1(C)c2ccccc2-c2ccc(-c3ccc4cc(-n5c6ccccc6c6cc(-c7ccc8c(c7)c7ccccc7n8-c7ccccc7)ccc65)ccc4c3)cc21. The number of fused-ring (bicyclic) bond motifs is 10. The van der Waals surface area contributed by atoms with E-state index in [0.717, 1.165) is 0 Å². The largest absolute Gasteiger partial charge is 0.309 e. The summed E-state index contributed by atoms with van der Waals surface area (Å²) in [6, 6.07) is 71.9. The Kier molecular flexibility index (Phi) is 6.72. The molecule has 0 spiro atoms. The lowest BCUT2D eigenvalue weighted by Crippen LogP contribution is -2.14. The predicted molar refractivity (Wildman–Crippen MR) is 241 cm³/mol. The molecule has 268 valence electrons. The molecule has 0 saturated heterocycles. The molecule has 2 aromatic heterocycles. The maximum atomic E-state index is 2.43. The molecule has 0 fully saturated rings. The smallest absolute Gasteiger partial charge is 0.0541 e. The van der Waals surface area contributed by atoms with Crippen molar-refractivity contribution < 1.29 is 0 Å². The van der Waals surface area contributed by atoms with E-state index in [0.29, 0.717) is 0 Å². The number of para-hydroxylation sites is 3. The fraction of sp³-hybridized carbons (Fsp3) is 0.0545. The fourth-order valence-electron chi connectivity index (χ4n) is 9.87. The van der Waals surface area contributed by atoms with Gasteiger partial charge in [-0.05, 0) is 128 Å². The second-order valence-electron chi connectivity index (χ2n) is 16.2. The zero-order valence-corrected chi connectivity index (χ0v) is 31.9. The molecule has 2 heteroatoms. The second kappa shape index (κ2) is 11.9. The zero-order valence-electron chi connectivity index (χ0n) is 31.9. The Bertz CT molecular complexity index is 3430. The van der Waals surface area contributed by atoms with Crippen LogP contribution in [0.1, 0.15) is 25.0 Å². The van der Waals surface area contributed by atoms with Gasteiger partial charge in [-0.1, -0.05) is 135 Å². The molecule has 11 aromatic rings. The number of nitrogens with zero attached hydrogens (tertiary/aromatic N) is 2. The first-order valence-corrected chi connectivity index (χ1v) is 19.9. The molecule has 0 saturated carbocycles. The lowest BCUT2D eigenvalue weighted by atomic mass is 9.81. The maximum Gasteiger partial charge on any atom is 0.0541 e. The first kappa shape index (κ1) is 32.1. The monoisotopic (exact) mass is 726 g/mol. The molecule has 2 nitrogen and oxygen atoms in total. The third-order valence-electron chi connectivity index (χ3n) is 12.7. The summed E-state index contributed by atoms with van der Waals surface area (Å²) >= 11 is 0. The van der Waals surface area contributed by atoms with E-state index in [4.69, 9.17) is 0 Å². The van der Waals surface area contributed by atoms with E-state index in [1.54, 1.807) is 0 Å². The van der Waals surface area contributed by atoms with Gasteiger partial charge in [0, 0.05) is 38.3 Å². The van der Waals surface area contributed by atoms with E-state index in [-0.39, 0.29) is 5.41 Å². The van der Waals surface area contributed by atoms with Crippen molar-refractivity contribution in [1.29, 1.82) is 0 Å². The standard InChI is InChI=1S/C55H38N2/c1-55(2)49-17-9-6-14-43(49)44-27-23-40(34-50(44)55)35-20-21-37-31-42(26-22-36(37)30-35)57-52-19-11-8-16-46(52)48-33-39(25-29-54(48)57)38-24-28-53-47(32-38)45-15-7-10-18-51(45)56(53)41-12-4-3-5-13-41/h3-34H,1-2H3. The van der Waals surface area contributed by atoms with E-state index in [9.17, 15) is 0 Å². The highest BCUT2D eigenvalue weighted by Crippen LogP contribution is 2.49. The lowest BCUT2D eigenvalue weighted by Gasteiger charge is -2.22. The average Bonchev–Trinajstić information content (AvgIpc) is 3.86. The van der Waals surface area contributed by atoms with Crippen LogP contribution in [0.2, 0.25) is 0 Å². The van der Waals surface area contributed by atoms with Crippen molar-refractivity contribution >= 4 is 54.4 Å². The normalized spacial score (nSPS) is 13.2. The number of hydrogen-bond acceptors (Lipinski definition) is 0. The van der Waals surface area contributed by atoms with Crippen LogP contribution in [0, 0.1) is 0 Å². The fourth-order valence-corrected chi connectivity index (χ4v) is 9.87. The molecule has 1 aliphatic rings. The summed E-state index contributed by atoms with van der Waals surface area (Å²) in [6.07, 6.45) is 0. The van der Waals surface area contributed by atoms with Crippen molar-refractivity contribution in [3.05, 3.63) is 205 Å². The highest BCUT2D eigenvalue weighted by Gasteiger charge is 2.35. The molecule has 0 atom stereocenters. The van der Waals surface area contributed by atoms with E-state index < -0.39 is 0 Å². The Balaban J connectivity index is 0.942. The van der Waals surface area contributed by atoms with Crippen LogP contribution in [-0.4, -0.2) is 9.13 Å². The summed E-state index contributed by atoms with van der Waals surface area (Å²) in [5.74, 6) is 0. The Hall–Kier alpha value is -7.16. The van der Waals surface area contributed by atoms with Crippen LogP contribution in [0.25, 0.3) is 99.1 Å². The average molecular weight is 727 g/mol. The van der Waals surface area contributed by atoms with E-state index in [2.05, 4.69) is 217 Å². The van der Waals surface area contributed by atoms with Crippen molar-refractivity contribution in [2.45, 2.75) is 19.3 Å². The summed E-state index contributed by atoms with van der Waals surface area (Å²) in [7, 11) is 0. The summed E-state index contributed by atoms with van der Waals surface area (Å²) in [5.41, 5.74) is 17.7. The van der Waals surface area contributed by atoms with Crippen LogP contribution < -0.4 is 0 Å². The van der Waals surface area contributed by atoms with Gasteiger partial charge in [-0.3, -0.25) is 0 Å². The Morgan fingerprint density at radius 1 is 0.316 bits per heavy atom. The first-order valence-electron chi connectivity index (χ1n) is 19.9. The van der Waals surface area contributed by atoms with Crippen LogP contribution >= 0.6 is 0 Å². The number of benzene rings is 9. The molecule has 1 aliphatic carbocycles. The van der Waals surface area contributed by atoms with Gasteiger partial charge < -0.3 is 9.13 Å². The van der Waals surface area contributed by atoms with Gasteiger partial charge in [0.2, 0.25) is 0 Å². The molecule has 0 radical (unpaired) electrons. The van der Waals surface area contributed by atoms with Crippen molar-refractivity contribution in [1.82, 2.24) is 9.13 Å². The highest BCUT2D eigenvalue weighted by atomic mass is 15.0. The Morgan fingerprint density at radius 2 is 0.807 bits per heavy atom. The number of aromatic nitrogens is 2. The molecular formula is C55H38N2. The van der Waals surface area contributed by atoms with Crippen LogP contribution in [0.3, 0.4) is 0 Å². The van der Waals surface area contributed by atoms with Gasteiger partial charge in [0.1, 0.15) is 0 Å². The zero-order chi connectivity index (χ0) is 37.8. The minimum atomic E-state index is -0.0193. The minimum Gasteiger partial charge on any atom is -0.309 e. The van der Waals surface area contributed by atoms with Gasteiger partial charge in [-0.15, -0.1) is 0 Å².